The molecule has 0 radical (unpaired) electrons. The van der Waals surface area contributed by atoms with Crippen LogP contribution in [0, 0.1) is 6.92 Å². The quantitative estimate of drug-likeness (QED) is 0.685. The molecular weight excluding hydrogens is 380 g/mol. The van der Waals surface area contributed by atoms with Gasteiger partial charge in [0.1, 0.15) is 6.04 Å². The molecule has 2 aliphatic rings. The molecule has 3 amide bonds. The van der Waals surface area contributed by atoms with E-state index in [1.54, 1.807) is 11.0 Å². The Kier molecular flexibility index (Phi) is 4.24. The van der Waals surface area contributed by atoms with Gasteiger partial charge in [-0.25, -0.2) is 4.68 Å². The highest BCUT2D eigenvalue weighted by atomic mass is 16.2. The smallest absolute Gasteiger partial charge is 0.255 e. The average molecular weight is 400 g/mol. The number of nitrogens with one attached hydrogen (secondary N) is 1. The van der Waals surface area contributed by atoms with Crippen LogP contribution < -0.4 is 5.32 Å². The summed E-state index contributed by atoms with van der Waals surface area (Å²) in [5.74, 6) is -0.863. The zero-order valence-corrected chi connectivity index (χ0v) is 16.5. The number of aromatic nitrogens is 2. The van der Waals surface area contributed by atoms with Gasteiger partial charge in [-0.1, -0.05) is 30.3 Å². The van der Waals surface area contributed by atoms with Crippen LogP contribution in [0.1, 0.15) is 34.3 Å². The minimum absolute atomic E-state index is 0.175. The summed E-state index contributed by atoms with van der Waals surface area (Å²) in [7, 11) is 0. The fraction of sp³-hybridized carbons (Fsp3) is 0.217. The van der Waals surface area contributed by atoms with Crippen molar-refractivity contribution in [2.45, 2.75) is 32.4 Å². The van der Waals surface area contributed by atoms with Crippen LogP contribution in [-0.2, 0) is 16.1 Å². The number of hydrogen-bond donors (Lipinski definition) is 1. The Bertz CT molecular complexity index is 1180. The first-order valence-electron chi connectivity index (χ1n) is 9.91. The predicted molar refractivity (Wildman–Crippen MR) is 110 cm³/mol. The first kappa shape index (κ1) is 18.3. The molecule has 3 heterocycles. The van der Waals surface area contributed by atoms with Crippen molar-refractivity contribution in [3.8, 4) is 16.9 Å². The average Bonchev–Trinajstić information content (AvgIpc) is 3.28. The van der Waals surface area contributed by atoms with Gasteiger partial charge in [0.2, 0.25) is 11.8 Å². The Morgan fingerprint density at radius 1 is 1.07 bits per heavy atom. The molecule has 30 heavy (non-hydrogen) atoms. The second-order valence-electron chi connectivity index (χ2n) is 7.70. The number of benzene rings is 2. The van der Waals surface area contributed by atoms with Crippen LogP contribution in [0.15, 0.2) is 54.7 Å². The molecule has 7 nitrogen and oxygen atoms in total. The molecule has 1 unspecified atom stereocenters. The second-order valence-corrected chi connectivity index (χ2v) is 7.70. The van der Waals surface area contributed by atoms with E-state index in [1.807, 2.05) is 60.3 Å². The van der Waals surface area contributed by atoms with Gasteiger partial charge in [-0.15, -0.1) is 0 Å². The first-order chi connectivity index (χ1) is 14.5. The van der Waals surface area contributed by atoms with Gasteiger partial charge in [0.05, 0.1) is 17.6 Å². The standard InChI is InChI=1S/C23H20N4O3/c1-14-12-24-27(21(14)15-5-3-2-4-6-15)17-7-8-18-16(11-17)13-26(23(18)30)19-9-10-20(28)25-22(19)29/h2-8,11-12,19H,9-10,13H2,1H3,(H,25,28,29). The van der Waals surface area contributed by atoms with Gasteiger partial charge in [0.25, 0.3) is 5.91 Å². The number of hydrogen-bond acceptors (Lipinski definition) is 4. The Labute approximate surface area is 173 Å². The molecule has 2 aliphatic heterocycles. The van der Waals surface area contributed by atoms with Crippen molar-refractivity contribution in [2.75, 3.05) is 0 Å². The zero-order chi connectivity index (χ0) is 20.8. The molecule has 1 N–H and O–H groups in total. The molecule has 5 rings (SSSR count). The van der Waals surface area contributed by atoms with Crippen LogP contribution in [0.4, 0.5) is 0 Å². The summed E-state index contributed by atoms with van der Waals surface area (Å²) in [5, 5.41) is 6.89. The third-order valence-electron chi connectivity index (χ3n) is 5.75. The van der Waals surface area contributed by atoms with E-state index in [4.69, 9.17) is 0 Å². The van der Waals surface area contributed by atoms with Gasteiger partial charge in [-0.3, -0.25) is 19.7 Å². The number of imide groups is 1. The van der Waals surface area contributed by atoms with Gasteiger partial charge in [0.15, 0.2) is 0 Å². The zero-order valence-electron chi connectivity index (χ0n) is 16.5. The minimum atomic E-state index is -0.613. The summed E-state index contributed by atoms with van der Waals surface area (Å²) in [5.41, 5.74) is 5.43. The molecule has 3 aromatic rings. The van der Waals surface area contributed by atoms with Gasteiger partial charge >= 0.3 is 0 Å². The number of fused-ring (bicyclic) bond motifs is 1. The third kappa shape index (κ3) is 2.90. The number of amides is 3. The molecule has 0 aliphatic carbocycles. The lowest BCUT2D eigenvalue weighted by Gasteiger charge is -2.29. The molecule has 1 saturated heterocycles. The van der Waals surface area contributed by atoms with Crippen LogP contribution in [0.25, 0.3) is 16.9 Å². The molecule has 7 heteroatoms. The number of nitrogens with zero attached hydrogens (tertiary/aromatic N) is 3. The fourth-order valence-corrected chi connectivity index (χ4v) is 4.26. The second kappa shape index (κ2) is 6.95. The monoisotopic (exact) mass is 400 g/mol. The maximum absolute atomic E-state index is 12.9. The topological polar surface area (TPSA) is 84.3 Å². The van der Waals surface area contributed by atoms with E-state index in [-0.39, 0.29) is 18.2 Å². The molecule has 150 valence electrons. The normalized spacial score (nSPS) is 18.5. The van der Waals surface area contributed by atoms with Crippen LogP contribution in [0.2, 0.25) is 0 Å². The van der Waals surface area contributed by atoms with Crippen molar-refractivity contribution in [1.82, 2.24) is 20.0 Å². The molecule has 0 bridgehead atoms. The number of rotatable bonds is 3. The maximum Gasteiger partial charge on any atom is 0.255 e. The van der Waals surface area contributed by atoms with Crippen molar-refractivity contribution in [2.24, 2.45) is 0 Å². The number of carbonyl (C=O) groups excluding carboxylic acids is 3. The SMILES string of the molecule is Cc1cnn(-c2ccc3c(c2)CN(C2CCC(=O)NC2=O)C3=O)c1-c1ccccc1. The summed E-state index contributed by atoms with van der Waals surface area (Å²) in [4.78, 5) is 38.1. The van der Waals surface area contributed by atoms with E-state index in [0.29, 0.717) is 18.5 Å². The van der Waals surface area contributed by atoms with E-state index in [0.717, 1.165) is 28.1 Å². The molecule has 1 aromatic heterocycles. The molecular formula is C23H20N4O3. The highest BCUT2D eigenvalue weighted by molar-refractivity contribution is 6.05. The van der Waals surface area contributed by atoms with Crippen LogP contribution >= 0.6 is 0 Å². The van der Waals surface area contributed by atoms with E-state index in [2.05, 4.69) is 10.4 Å². The number of aryl methyl sites for hydroxylation is 1. The summed E-state index contributed by atoms with van der Waals surface area (Å²) in [6.07, 6.45) is 2.43. The van der Waals surface area contributed by atoms with Crippen molar-refractivity contribution in [3.05, 3.63) is 71.4 Å². The highest BCUT2D eigenvalue weighted by Crippen LogP contribution is 2.31. The maximum atomic E-state index is 12.9. The van der Waals surface area contributed by atoms with Crippen LogP contribution in [0.3, 0.4) is 0 Å². The summed E-state index contributed by atoms with van der Waals surface area (Å²) in [6.45, 7) is 2.36. The highest BCUT2D eigenvalue weighted by Gasteiger charge is 2.39. The van der Waals surface area contributed by atoms with Gasteiger partial charge in [-0.2, -0.15) is 5.10 Å². The van der Waals surface area contributed by atoms with E-state index in [1.165, 1.54) is 0 Å². The van der Waals surface area contributed by atoms with E-state index >= 15 is 0 Å². The summed E-state index contributed by atoms with van der Waals surface area (Å²) in [6, 6.07) is 15.1. The summed E-state index contributed by atoms with van der Waals surface area (Å²) >= 11 is 0. The van der Waals surface area contributed by atoms with Crippen LogP contribution in [-0.4, -0.2) is 38.4 Å². The summed E-state index contributed by atoms with van der Waals surface area (Å²) < 4.78 is 1.88. The van der Waals surface area contributed by atoms with Gasteiger partial charge < -0.3 is 4.90 Å². The van der Waals surface area contributed by atoms with Gasteiger partial charge in [-0.05, 0) is 42.7 Å². The van der Waals surface area contributed by atoms with Crippen LogP contribution in [0.5, 0.6) is 0 Å². The Balaban J connectivity index is 1.49. The molecule has 1 atom stereocenters. The van der Waals surface area contributed by atoms with Crippen molar-refractivity contribution < 1.29 is 14.4 Å². The molecule has 2 aromatic carbocycles. The van der Waals surface area contributed by atoms with Gasteiger partial charge in [0, 0.05) is 24.1 Å². The van der Waals surface area contributed by atoms with Crippen molar-refractivity contribution >= 4 is 17.7 Å². The number of piperidine rings is 1. The number of carbonyl (C=O) groups is 3. The minimum Gasteiger partial charge on any atom is -0.322 e. The third-order valence-corrected chi connectivity index (χ3v) is 5.75. The van der Waals surface area contributed by atoms with Crippen molar-refractivity contribution in [3.63, 3.8) is 0 Å². The first-order valence-corrected chi connectivity index (χ1v) is 9.91. The van der Waals surface area contributed by atoms with E-state index in [9.17, 15) is 14.4 Å². The predicted octanol–water partition coefficient (Wildman–Crippen LogP) is 2.61. The Morgan fingerprint density at radius 2 is 1.87 bits per heavy atom. The lowest BCUT2D eigenvalue weighted by atomic mass is 10.0. The molecule has 0 spiro atoms. The van der Waals surface area contributed by atoms with E-state index < -0.39 is 11.9 Å². The lowest BCUT2D eigenvalue weighted by Crippen LogP contribution is -2.52. The Morgan fingerprint density at radius 3 is 2.63 bits per heavy atom. The Hall–Kier alpha value is -3.74. The molecule has 0 saturated carbocycles. The van der Waals surface area contributed by atoms with Crippen molar-refractivity contribution in [1.29, 1.82) is 0 Å². The lowest BCUT2D eigenvalue weighted by molar-refractivity contribution is -0.136. The fourth-order valence-electron chi connectivity index (χ4n) is 4.26. The molecule has 1 fully saturated rings. The largest absolute Gasteiger partial charge is 0.322 e.